The number of alkyl halides is 3. The average Bonchev–Trinajstić information content (AvgIpc) is 3.04. The number of hydrogen-bond acceptors (Lipinski definition) is 4. The fourth-order valence-corrected chi connectivity index (χ4v) is 4.81. The smallest absolute Gasteiger partial charge is 0.355 e. The first-order valence-electron chi connectivity index (χ1n) is 9.82. The van der Waals surface area contributed by atoms with Gasteiger partial charge in [0.1, 0.15) is 0 Å². The second kappa shape index (κ2) is 9.62. The Hall–Kier alpha value is -1.07. The van der Waals surface area contributed by atoms with Crippen molar-refractivity contribution in [3.8, 4) is 0 Å². The molecular formula is C17H32F3N5O2S. The third kappa shape index (κ3) is 5.96. The highest BCUT2D eigenvalue weighted by molar-refractivity contribution is 7.90. The Balaban J connectivity index is 1.80. The van der Waals surface area contributed by atoms with Crippen molar-refractivity contribution < 1.29 is 21.6 Å². The summed E-state index contributed by atoms with van der Waals surface area (Å²) in [4.78, 5) is 6.68. The van der Waals surface area contributed by atoms with Crippen molar-refractivity contribution in [3.63, 3.8) is 0 Å². The molecule has 2 fully saturated rings. The van der Waals surface area contributed by atoms with Gasteiger partial charge in [-0.1, -0.05) is 13.8 Å². The molecule has 2 aliphatic rings. The first-order valence-corrected chi connectivity index (χ1v) is 11.3. The molecule has 11 heteroatoms. The van der Waals surface area contributed by atoms with Gasteiger partial charge in [0.25, 0.3) is 0 Å². The molecular weight excluding hydrogens is 395 g/mol. The van der Waals surface area contributed by atoms with E-state index >= 15 is 0 Å². The van der Waals surface area contributed by atoms with E-state index in [2.05, 4.69) is 34.4 Å². The Kier molecular flexibility index (Phi) is 7.97. The molecule has 0 amide bonds. The highest BCUT2D eigenvalue weighted by atomic mass is 32.2. The van der Waals surface area contributed by atoms with Gasteiger partial charge in [-0.3, -0.25) is 9.89 Å². The molecule has 0 saturated carbocycles. The van der Waals surface area contributed by atoms with Crippen LogP contribution in [0.15, 0.2) is 4.99 Å². The van der Waals surface area contributed by atoms with Crippen LogP contribution in [-0.4, -0.2) is 80.9 Å². The Morgan fingerprint density at radius 2 is 1.82 bits per heavy atom. The number of halogens is 3. The largest absolute Gasteiger partial charge is 0.511 e. The molecule has 0 bridgehead atoms. The quantitative estimate of drug-likeness (QED) is 0.497. The maximum absolute atomic E-state index is 12.7. The summed E-state index contributed by atoms with van der Waals surface area (Å²) >= 11 is 0. The summed E-state index contributed by atoms with van der Waals surface area (Å²) in [5, 5.41) is 6.53. The standard InChI is InChI=1S/C17H32F3N5O2S/c1-13(2)12-24-8-4-5-15(24)11-22-16(21-3)23-14-6-9-25(10-7-14)28(26,27)17(18,19)20/h13-15H,4-12H2,1-3H3,(H2,21,22,23)/t15-/m1/s1. The lowest BCUT2D eigenvalue weighted by Crippen LogP contribution is -2.53. The van der Waals surface area contributed by atoms with Crippen LogP contribution in [0.4, 0.5) is 13.2 Å². The van der Waals surface area contributed by atoms with Crippen LogP contribution in [0.3, 0.4) is 0 Å². The fraction of sp³-hybridized carbons (Fsp3) is 0.941. The molecule has 0 radical (unpaired) electrons. The maximum Gasteiger partial charge on any atom is 0.511 e. The van der Waals surface area contributed by atoms with E-state index in [1.165, 1.54) is 6.42 Å². The minimum atomic E-state index is -5.24. The number of nitrogens with one attached hydrogen (secondary N) is 2. The van der Waals surface area contributed by atoms with Gasteiger partial charge in [-0.15, -0.1) is 0 Å². The van der Waals surface area contributed by atoms with Crippen molar-refractivity contribution in [3.05, 3.63) is 0 Å². The maximum atomic E-state index is 12.7. The second-order valence-corrected chi connectivity index (χ2v) is 9.84. The first-order chi connectivity index (χ1) is 13.0. The molecule has 0 aliphatic carbocycles. The summed E-state index contributed by atoms with van der Waals surface area (Å²) in [6.07, 6.45) is 2.92. The third-order valence-corrected chi connectivity index (χ3v) is 6.88. The van der Waals surface area contributed by atoms with Crippen LogP contribution in [0.1, 0.15) is 39.5 Å². The van der Waals surface area contributed by atoms with Crippen molar-refractivity contribution >= 4 is 16.0 Å². The van der Waals surface area contributed by atoms with Gasteiger partial charge in [0, 0.05) is 45.3 Å². The number of sulfonamides is 1. The number of piperidine rings is 1. The van der Waals surface area contributed by atoms with E-state index < -0.39 is 15.5 Å². The minimum Gasteiger partial charge on any atom is -0.355 e. The highest BCUT2D eigenvalue weighted by Gasteiger charge is 2.50. The number of rotatable bonds is 6. The van der Waals surface area contributed by atoms with Gasteiger partial charge in [0.2, 0.25) is 0 Å². The molecule has 2 saturated heterocycles. The van der Waals surface area contributed by atoms with Crippen LogP contribution in [-0.2, 0) is 10.0 Å². The van der Waals surface area contributed by atoms with Crippen LogP contribution < -0.4 is 10.6 Å². The lowest BCUT2D eigenvalue weighted by atomic mass is 10.1. The Labute approximate surface area is 165 Å². The first kappa shape index (κ1) is 23.2. The predicted octanol–water partition coefficient (Wildman–Crippen LogP) is 1.59. The summed E-state index contributed by atoms with van der Waals surface area (Å²) in [6, 6.07) is 0.334. The second-order valence-electron chi connectivity index (χ2n) is 7.91. The van der Waals surface area contributed by atoms with Crippen LogP contribution in [0.2, 0.25) is 0 Å². The zero-order chi connectivity index (χ0) is 20.9. The van der Waals surface area contributed by atoms with Gasteiger partial charge < -0.3 is 10.6 Å². The lowest BCUT2D eigenvalue weighted by Gasteiger charge is -2.33. The van der Waals surface area contributed by atoms with E-state index in [-0.39, 0.29) is 19.1 Å². The van der Waals surface area contributed by atoms with Gasteiger partial charge in [0.15, 0.2) is 5.96 Å². The van der Waals surface area contributed by atoms with Crippen LogP contribution in [0.25, 0.3) is 0 Å². The summed E-state index contributed by atoms with van der Waals surface area (Å²) in [5.41, 5.74) is -5.24. The van der Waals surface area contributed by atoms with Gasteiger partial charge in [0.05, 0.1) is 0 Å². The normalized spacial score (nSPS) is 24.1. The van der Waals surface area contributed by atoms with Crippen molar-refractivity contribution in [1.29, 1.82) is 0 Å². The Morgan fingerprint density at radius 3 is 2.36 bits per heavy atom. The Morgan fingerprint density at radius 1 is 1.18 bits per heavy atom. The number of nitrogens with zero attached hydrogens (tertiary/aromatic N) is 3. The summed E-state index contributed by atoms with van der Waals surface area (Å²) in [5.74, 6) is 1.21. The molecule has 0 aromatic heterocycles. The summed E-state index contributed by atoms with van der Waals surface area (Å²) in [6.45, 7) is 7.02. The molecule has 2 rings (SSSR count). The van der Waals surface area contributed by atoms with Crippen LogP contribution in [0, 0.1) is 5.92 Å². The predicted molar refractivity (Wildman–Crippen MR) is 104 cm³/mol. The topological polar surface area (TPSA) is 77.0 Å². The molecule has 164 valence electrons. The highest BCUT2D eigenvalue weighted by Crippen LogP contribution is 2.29. The van der Waals surface area contributed by atoms with Crippen molar-refractivity contribution in [2.45, 2.75) is 57.1 Å². The fourth-order valence-electron chi connectivity index (χ4n) is 3.83. The van der Waals surface area contributed by atoms with Crippen LogP contribution >= 0.6 is 0 Å². The van der Waals surface area contributed by atoms with Gasteiger partial charge >= 0.3 is 15.5 Å². The van der Waals surface area contributed by atoms with E-state index in [4.69, 9.17) is 0 Å². The molecule has 2 aliphatic heterocycles. The van der Waals surface area contributed by atoms with E-state index in [1.54, 1.807) is 7.05 Å². The van der Waals surface area contributed by atoms with Gasteiger partial charge in [-0.25, -0.2) is 8.42 Å². The Bertz CT molecular complexity index is 631. The molecule has 0 aromatic rings. The van der Waals surface area contributed by atoms with Gasteiger partial charge in [-0.2, -0.15) is 17.5 Å². The zero-order valence-corrected chi connectivity index (χ0v) is 17.6. The minimum absolute atomic E-state index is 0.110. The molecule has 0 aromatic carbocycles. The van der Waals surface area contributed by atoms with E-state index in [0.717, 1.165) is 26.1 Å². The number of guanidine groups is 1. The monoisotopic (exact) mass is 427 g/mol. The van der Waals surface area contributed by atoms with E-state index in [9.17, 15) is 21.6 Å². The third-order valence-electron chi connectivity index (χ3n) is 5.25. The SMILES string of the molecule is CN=C(NC[C@H]1CCCN1CC(C)C)NC1CCN(S(=O)(=O)C(F)(F)F)CC1. The molecule has 2 N–H and O–H groups in total. The van der Waals surface area contributed by atoms with Crippen molar-refractivity contribution in [2.75, 3.05) is 39.8 Å². The lowest BCUT2D eigenvalue weighted by molar-refractivity contribution is -0.0494. The molecule has 0 unspecified atom stereocenters. The number of hydrogen-bond donors (Lipinski definition) is 2. The molecule has 28 heavy (non-hydrogen) atoms. The number of aliphatic imine (C=N–C) groups is 1. The van der Waals surface area contributed by atoms with Gasteiger partial charge in [-0.05, 0) is 38.1 Å². The van der Waals surface area contributed by atoms with Crippen LogP contribution in [0.5, 0.6) is 0 Å². The van der Waals surface area contributed by atoms with E-state index in [1.807, 2.05) is 0 Å². The average molecular weight is 428 g/mol. The zero-order valence-electron chi connectivity index (χ0n) is 16.8. The number of likely N-dealkylation sites (tertiary alicyclic amines) is 1. The molecule has 0 spiro atoms. The molecule has 1 atom stereocenters. The van der Waals surface area contributed by atoms with Crippen molar-refractivity contribution in [2.24, 2.45) is 10.9 Å². The summed E-state index contributed by atoms with van der Waals surface area (Å²) < 4.78 is 61.5. The summed E-state index contributed by atoms with van der Waals surface area (Å²) in [7, 11) is -3.59. The van der Waals surface area contributed by atoms with E-state index in [0.29, 0.717) is 35.1 Å². The molecule has 7 nitrogen and oxygen atoms in total. The molecule has 2 heterocycles. The van der Waals surface area contributed by atoms with Crippen molar-refractivity contribution in [1.82, 2.24) is 19.8 Å².